The summed E-state index contributed by atoms with van der Waals surface area (Å²) in [5.41, 5.74) is 10.9. The predicted octanol–water partition coefficient (Wildman–Crippen LogP) is 14.6. The Hall–Kier alpha value is -7.34. The first-order valence-corrected chi connectivity index (χ1v) is 20.1. The third-order valence-electron chi connectivity index (χ3n) is 11.7. The number of nitrogens with zero attached hydrogens (tertiary/aromatic N) is 3. The highest BCUT2D eigenvalue weighted by molar-refractivity contribution is 7.27. The Morgan fingerprint density at radius 1 is 0.474 bits per heavy atom. The first-order valence-electron chi connectivity index (χ1n) is 19.2. The van der Waals surface area contributed by atoms with E-state index in [1.807, 2.05) is 23.5 Å². The van der Waals surface area contributed by atoms with E-state index in [1.165, 1.54) is 41.8 Å². The smallest absolute Gasteiger partial charge is 0.145 e. The average Bonchev–Trinajstić information content (AvgIpc) is 3.96. The lowest BCUT2D eigenvalue weighted by Gasteiger charge is -2.14. The van der Waals surface area contributed by atoms with Crippen molar-refractivity contribution in [2.24, 2.45) is 0 Å². The van der Waals surface area contributed by atoms with Crippen molar-refractivity contribution in [1.29, 1.82) is 0 Å². The van der Waals surface area contributed by atoms with E-state index in [4.69, 9.17) is 14.4 Å². The fourth-order valence-corrected chi connectivity index (χ4v) is 10.5. The van der Waals surface area contributed by atoms with Crippen LogP contribution in [0.4, 0.5) is 0 Å². The summed E-state index contributed by atoms with van der Waals surface area (Å²) in [4.78, 5) is 10.9. The monoisotopic (exact) mass is 743 g/mol. The summed E-state index contributed by atoms with van der Waals surface area (Å²) >= 11 is 1.85. The van der Waals surface area contributed by atoms with Crippen LogP contribution in [0, 0.1) is 0 Å². The molecule has 9 aromatic carbocycles. The van der Waals surface area contributed by atoms with Gasteiger partial charge in [-0.1, -0.05) is 140 Å². The van der Waals surface area contributed by atoms with Gasteiger partial charge in [-0.25, -0.2) is 9.97 Å². The van der Waals surface area contributed by atoms with Crippen LogP contribution in [0.1, 0.15) is 0 Å². The SMILES string of the molecule is c1ccc(-c2nc3ccc4ccc5ccc(-n6c7ccccc7c7c8c9ccccc9oc8c8c9ccccc9sc8c76)cc5c4c3nc2-c2ccccc2)cc1. The van der Waals surface area contributed by atoms with Crippen molar-refractivity contribution < 1.29 is 4.42 Å². The molecule has 0 saturated carbocycles. The van der Waals surface area contributed by atoms with Gasteiger partial charge in [-0.05, 0) is 52.6 Å². The minimum atomic E-state index is 0.872. The topological polar surface area (TPSA) is 43.9 Å². The standard InChI is InChI=1S/C52H29N3OS/c1-3-13-32(14-4-1)47-48(33-15-5-2-6-16-33)54-49-39(53-47)28-26-31-24-23-30-25-27-34(29-38(30)43(31)49)55-40-20-10-7-17-35(40)44-45-36-18-8-11-21-41(36)56-51(45)46-37-19-9-12-22-42(37)57-52(46)50(44)55/h1-29H. The molecule has 13 rings (SSSR count). The summed E-state index contributed by atoms with van der Waals surface area (Å²) in [6.07, 6.45) is 0. The first-order chi connectivity index (χ1) is 28.3. The Balaban J connectivity index is 1.18. The van der Waals surface area contributed by atoms with E-state index in [-0.39, 0.29) is 0 Å². The van der Waals surface area contributed by atoms with Gasteiger partial charge in [0, 0.05) is 59.2 Å². The van der Waals surface area contributed by atoms with Crippen LogP contribution in [0.15, 0.2) is 180 Å². The number of benzene rings is 9. The summed E-state index contributed by atoms with van der Waals surface area (Å²) in [6.45, 7) is 0. The summed E-state index contributed by atoms with van der Waals surface area (Å²) in [5, 5.41) is 11.7. The lowest BCUT2D eigenvalue weighted by atomic mass is 9.98. The van der Waals surface area contributed by atoms with Crippen LogP contribution in [0.3, 0.4) is 0 Å². The number of thiophene rings is 1. The molecule has 0 atom stereocenters. The Morgan fingerprint density at radius 2 is 1.12 bits per heavy atom. The minimum absolute atomic E-state index is 0.872. The second-order valence-electron chi connectivity index (χ2n) is 14.8. The molecule has 0 unspecified atom stereocenters. The molecule has 0 amide bonds. The normalized spacial score (nSPS) is 12.2. The highest BCUT2D eigenvalue weighted by atomic mass is 32.1. The molecule has 0 fully saturated rings. The summed E-state index contributed by atoms with van der Waals surface area (Å²) < 4.78 is 11.8. The molecule has 0 spiro atoms. The molecule has 13 aromatic rings. The first kappa shape index (κ1) is 30.9. The van der Waals surface area contributed by atoms with E-state index in [0.717, 1.165) is 82.8 Å². The molecule has 57 heavy (non-hydrogen) atoms. The van der Waals surface area contributed by atoms with E-state index in [1.54, 1.807) is 0 Å². The van der Waals surface area contributed by atoms with Crippen molar-refractivity contribution in [3.63, 3.8) is 0 Å². The van der Waals surface area contributed by atoms with Crippen LogP contribution in [-0.4, -0.2) is 14.5 Å². The maximum absolute atomic E-state index is 6.81. The van der Waals surface area contributed by atoms with Gasteiger partial charge >= 0.3 is 0 Å². The molecule has 264 valence electrons. The van der Waals surface area contributed by atoms with Crippen LogP contribution in [-0.2, 0) is 0 Å². The largest absolute Gasteiger partial charge is 0.455 e. The molecule has 0 radical (unpaired) electrons. The van der Waals surface area contributed by atoms with E-state index in [9.17, 15) is 0 Å². The van der Waals surface area contributed by atoms with Crippen LogP contribution in [0.2, 0.25) is 0 Å². The van der Waals surface area contributed by atoms with E-state index in [2.05, 4.69) is 168 Å². The fraction of sp³-hybridized carbons (Fsp3) is 0. The van der Waals surface area contributed by atoms with Gasteiger partial charge in [-0.3, -0.25) is 0 Å². The van der Waals surface area contributed by atoms with E-state index < -0.39 is 0 Å². The molecule has 4 nitrogen and oxygen atoms in total. The molecular formula is C52H29N3OS. The van der Waals surface area contributed by atoms with Crippen LogP contribution in [0.25, 0.3) is 125 Å². The lowest BCUT2D eigenvalue weighted by Crippen LogP contribution is -1.97. The number of hydrogen-bond acceptors (Lipinski definition) is 4. The molecule has 0 aliphatic carbocycles. The van der Waals surface area contributed by atoms with E-state index >= 15 is 0 Å². The maximum atomic E-state index is 6.81. The molecule has 0 N–H and O–H groups in total. The molecule has 4 aromatic heterocycles. The van der Waals surface area contributed by atoms with Crippen molar-refractivity contribution >= 4 is 108 Å². The van der Waals surface area contributed by atoms with Gasteiger partial charge in [-0.2, -0.15) is 0 Å². The van der Waals surface area contributed by atoms with Crippen molar-refractivity contribution in [2.75, 3.05) is 0 Å². The van der Waals surface area contributed by atoms with Gasteiger partial charge < -0.3 is 8.98 Å². The fourth-order valence-electron chi connectivity index (χ4n) is 9.26. The lowest BCUT2D eigenvalue weighted by molar-refractivity contribution is 0.673. The maximum Gasteiger partial charge on any atom is 0.145 e. The highest BCUT2D eigenvalue weighted by Gasteiger charge is 2.25. The molecule has 0 saturated heterocycles. The number of hydrogen-bond donors (Lipinski definition) is 0. The Labute approximate surface area is 329 Å². The molecular weight excluding hydrogens is 715 g/mol. The van der Waals surface area contributed by atoms with E-state index in [0.29, 0.717) is 0 Å². The molecule has 0 bridgehead atoms. The average molecular weight is 744 g/mol. The highest BCUT2D eigenvalue weighted by Crippen LogP contribution is 2.50. The van der Waals surface area contributed by atoms with Crippen molar-refractivity contribution in [1.82, 2.24) is 14.5 Å². The Bertz CT molecular complexity index is 3800. The quantitative estimate of drug-likeness (QED) is 0.169. The number of fused-ring (bicyclic) bond motifs is 17. The summed E-state index contributed by atoms with van der Waals surface area (Å²) in [6, 6.07) is 62.5. The van der Waals surface area contributed by atoms with Crippen LogP contribution >= 0.6 is 11.3 Å². The summed E-state index contributed by atoms with van der Waals surface area (Å²) in [7, 11) is 0. The number of furan rings is 1. The van der Waals surface area contributed by atoms with Gasteiger partial charge in [0.1, 0.15) is 11.2 Å². The third kappa shape index (κ3) is 4.32. The number of aromatic nitrogens is 3. The second-order valence-corrected chi connectivity index (χ2v) is 15.9. The van der Waals surface area contributed by atoms with Gasteiger partial charge in [0.05, 0.1) is 38.2 Å². The zero-order valence-electron chi connectivity index (χ0n) is 30.4. The molecule has 5 heteroatoms. The van der Waals surface area contributed by atoms with Crippen molar-refractivity contribution in [3.05, 3.63) is 176 Å². The van der Waals surface area contributed by atoms with Crippen molar-refractivity contribution in [2.45, 2.75) is 0 Å². The zero-order chi connectivity index (χ0) is 37.2. The Kier molecular flexibility index (Phi) is 6.29. The van der Waals surface area contributed by atoms with Gasteiger partial charge in [0.2, 0.25) is 0 Å². The van der Waals surface area contributed by atoms with Gasteiger partial charge in [0.15, 0.2) is 0 Å². The zero-order valence-corrected chi connectivity index (χ0v) is 31.2. The second kappa shape index (κ2) is 11.6. The summed E-state index contributed by atoms with van der Waals surface area (Å²) in [5.74, 6) is 0. The van der Waals surface area contributed by atoms with Gasteiger partial charge in [0.25, 0.3) is 0 Å². The van der Waals surface area contributed by atoms with Gasteiger partial charge in [-0.15, -0.1) is 11.3 Å². The van der Waals surface area contributed by atoms with Crippen LogP contribution in [0.5, 0.6) is 0 Å². The minimum Gasteiger partial charge on any atom is -0.455 e. The third-order valence-corrected chi connectivity index (χ3v) is 12.9. The Morgan fingerprint density at radius 3 is 1.95 bits per heavy atom. The molecule has 0 aliphatic rings. The van der Waals surface area contributed by atoms with Crippen molar-refractivity contribution in [3.8, 4) is 28.2 Å². The molecule has 0 aliphatic heterocycles. The number of para-hydroxylation sites is 2. The predicted molar refractivity (Wildman–Crippen MR) is 240 cm³/mol. The number of rotatable bonds is 3. The van der Waals surface area contributed by atoms with Crippen LogP contribution < -0.4 is 0 Å². The molecule has 4 heterocycles.